The number of amides is 1. The number of morpholine rings is 1. The molecule has 0 unspecified atom stereocenters. The van der Waals surface area contributed by atoms with E-state index in [0.717, 1.165) is 24.2 Å². The van der Waals surface area contributed by atoms with Gasteiger partial charge in [0.05, 0.1) is 25.3 Å². The highest BCUT2D eigenvalue weighted by molar-refractivity contribution is 5.83. The van der Waals surface area contributed by atoms with Gasteiger partial charge in [-0.15, -0.1) is 0 Å². The minimum absolute atomic E-state index is 0.0109. The molecular formula is C27H33N3O4. The van der Waals surface area contributed by atoms with Gasteiger partial charge < -0.3 is 19.3 Å². The summed E-state index contributed by atoms with van der Waals surface area (Å²) in [6, 6.07) is 13.5. The van der Waals surface area contributed by atoms with Crippen molar-refractivity contribution < 1.29 is 14.6 Å². The summed E-state index contributed by atoms with van der Waals surface area (Å²) in [4.78, 5) is 31.1. The monoisotopic (exact) mass is 463 g/mol. The van der Waals surface area contributed by atoms with E-state index in [1.807, 2.05) is 64.1 Å². The van der Waals surface area contributed by atoms with E-state index in [0.29, 0.717) is 38.4 Å². The van der Waals surface area contributed by atoms with Gasteiger partial charge in [-0.2, -0.15) is 0 Å². The summed E-state index contributed by atoms with van der Waals surface area (Å²) in [5.41, 5.74) is 2.64. The maximum Gasteiger partial charge on any atom is 0.258 e. The molecule has 1 aromatic heterocycles. The number of ether oxygens (including phenoxy) is 1. The van der Waals surface area contributed by atoms with Crippen LogP contribution in [0.15, 0.2) is 47.3 Å². The van der Waals surface area contributed by atoms with Crippen LogP contribution >= 0.6 is 0 Å². The molecule has 3 aliphatic rings. The summed E-state index contributed by atoms with van der Waals surface area (Å²) in [5, 5.41) is 10.4. The van der Waals surface area contributed by atoms with Gasteiger partial charge in [0.2, 0.25) is 5.91 Å². The number of aliphatic hydroxyl groups is 1. The minimum Gasteiger partial charge on any atom is -0.396 e. The van der Waals surface area contributed by atoms with Crippen LogP contribution in [0.5, 0.6) is 0 Å². The topological polar surface area (TPSA) is 75.0 Å². The molecule has 7 heteroatoms. The summed E-state index contributed by atoms with van der Waals surface area (Å²) in [5.74, 6) is -0.0800. The van der Waals surface area contributed by atoms with Crippen molar-refractivity contribution in [2.24, 2.45) is 11.8 Å². The lowest BCUT2D eigenvalue weighted by molar-refractivity contribution is -0.142. The first-order valence-corrected chi connectivity index (χ1v) is 12.3. The smallest absolute Gasteiger partial charge is 0.258 e. The molecule has 1 amide bonds. The first kappa shape index (κ1) is 23.0. The number of likely N-dealkylation sites (tertiary alicyclic amines) is 1. The molecule has 0 aliphatic carbocycles. The van der Waals surface area contributed by atoms with Crippen molar-refractivity contribution >= 4 is 18.1 Å². The summed E-state index contributed by atoms with van der Waals surface area (Å²) < 4.78 is 7.29. The number of hydrogen-bond donors (Lipinski definition) is 1. The van der Waals surface area contributed by atoms with Crippen LogP contribution in [0.4, 0.5) is 0 Å². The zero-order chi connectivity index (χ0) is 23.7. The molecule has 0 radical (unpaired) electrons. The highest BCUT2D eigenvalue weighted by Crippen LogP contribution is 2.49. The molecule has 7 nitrogen and oxygen atoms in total. The molecule has 1 aromatic carbocycles. The van der Waals surface area contributed by atoms with Crippen LogP contribution in [0, 0.1) is 11.8 Å². The highest BCUT2D eigenvalue weighted by atomic mass is 16.5. The van der Waals surface area contributed by atoms with Crippen molar-refractivity contribution in [2.45, 2.75) is 32.0 Å². The lowest BCUT2D eigenvalue weighted by atomic mass is 9.88. The van der Waals surface area contributed by atoms with Crippen molar-refractivity contribution in [3.05, 3.63) is 69.6 Å². The van der Waals surface area contributed by atoms with Gasteiger partial charge in [-0.1, -0.05) is 43.3 Å². The van der Waals surface area contributed by atoms with Crippen LogP contribution in [-0.4, -0.2) is 70.9 Å². The van der Waals surface area contributed by atoms with E-state index >= 15 is 0 Å². The quantitative estimate of drug-likeness (QED) is 0.711. The molecule has 3 aliphatic heterocycles. The van der Waals surface area contributed by atoms with Crippen molar-refractivity contribution in [1.82, 2.24) is 14.4 Å². The van der Waals surface area contributed by atoms with Crippen LogP contribution < -0.4 is 5.56 Å². The number of benzene rings is 1. The molecule has 5 rings (SSSR count). The zero-order valence-corrected chi connectivity index (χ0v) is 19.7. The van der Waals surface area contributed by atoms with Crippen LogP contribution in [0.3, 0.4) is 0 Å². The minimum atomic E-state index is -0.362. The van der Waals surface area contributed by atoms with Gasteiger partial charge in [0.25, 0.3) is 5.56 Å². The Morgan fingerprint density at radius 3 is 2.59 bits per heavy atom. The lowest BCUT2D eigenvalue weighted by Crippen LogP contribution is -2.53. The predicted molar refractivity (Wildman–Crippen MR) is 131 cm³/mol. The Balaban J connectivity index is 1.47. The fourth-order valence-electron chi connectivity index (χ4n) is 5.97. The van der Waals surface area contributed by atoms with Gasteiger partial charge in [0, 0.05) is 49.3 Å². The van der Waals surface area contributed by atoms with Crippen molar-refractivity contribution in [2.75, 3.05) is 39.5 Å². The molecule has 4 atom stereocenters. The van der Waals surface area contributed by atoms with Gasteiger partial charge in [-0.25, -0.2) is 0 Å². The summed E-state index contributed by atoms with van der Waals surface area (Å²) in [6.07, 6.45) is 4.73. The Kier molecular flexibility index (Phi) is 6.68. The number of aliphatic hydroxyl groups excluding tert-OH is 1. The fraction of sp³-hybridized carbons (Fsp3) is 0.481. The predicted octanol–water partition coefficient (Wildman–Crippen LogP) is 2.25. The van der Waals surface area contributed by atoms with Crippen LogP contribution in [0.25, 0.3) is 12.2 Å². The van der Waals surface area contributed by atoms with E-state index < -0.39 is 0 Å². The molecule has 4 heterocycles. The molecule has 0 bridgehead atoms. The first-order chi connectivity index (χ1) is 16.6. The number of pyridine rings is 1. The second-order valence-corrected chi connectivity index (χ2v) is 9.45. The molecule has 1 N–H and O–H groups in total. The van der Waals surface area contributed by atoms with Gasteiger partial charge in [0.15, 0.2) is 0 Å². The molecule has 0 saturated carbocycles. The third kappa shape index (κ3) is 4.02. The van der Waals surface area contributed by atoms with Gasteiger partial charge in [0.1, 0.15) is 0 Å². The Bertz CT molecular complexity index is 1110. The number of carbonyl (C=O) groups excluding carboxylic acids is 1. The molecule has 0 spiro atoms. The van der Waals surface area contributed by atoms with Gasteiger partial charge >= 0.3 is 0 Å². The third-order valence-electron chi connectivity index (χ3n) is 7.53. The average Bonchev–Trinajstić information content (AvgIpc) is 3.40. The third-order valence-corrected chi connectivity index (χ3v) is 7.53. The lowest BCUT2D eigenvalue weighted by Gasteiger charge is -2.36. The summed E-state index contributed by atoms with van der Waals surface area (Å²) in [6.45, 7) is 5.63. The standard InChI is InChI=1S/C27H33N3O4/c1-2-12-29-24-21(22(18-31)25(29)27(33)28-13-15-34-16-14-28)17-30-23(24)11-10-20(26(30)32)9-8-19-6-4-3-5-7-19/h3-11,21-22,24-25,31H,2,12-18H2,1H3/b9-8+/t21-,22-,24+,25-/m0/s1. The maximum absolute atomic E-state index is 13.6. The van der Waals surface area contributed by atoms with E-state index in [2.05, 4.69) is 11.8 Å². The molecule has 34 heavy (non-hydrogen) atoms. The van der Waals surface area contributed by atoms with E-state index in [9.17, 15) is 14.7 Å². The van der Waals surface area contributed by atoms with Crippen molar-refractivity contribution in [3.63, 3.8) is 0 Å². The average molecular weight is 464 g/mol. The van der Waals surface area contributed by atoms with Crippen LogP contribution in [0.1, 0.15) is 36.2 Å². The zero-order valence-electron chi connectivity index (χ0n) is 19.7. The SMILES string of the molecule is CCCN1[C@H](C(=O)N2CCOCC2)[C@@H](CO)[C@@H]2Cn3c(ccc(/C=C/c4ccccc4)c3=O)[C@@H]21. The maximum atomic E-state index is 13.6. The van der Waals surface area contributed by atoms with Gasteiger partial charge in [-0.3, -0.25) is 14.5 Å². The van der Waals surface area contributed by atoms with Crippen LogP contribution in [0.2, 0.25) is 0 Å². The Labute approximate surface area is 200 Å². The second kappa shape index (κ2) is 9.86. The number of fused-ring (bicyclic) bond motifs is 3. The molecule has 2 saturated heterocycles. The number of nitrogens with zero attached hydrogens (tertiary/aromatic N) is 3. The summed E-state index contributed by atoms with van der Waals surface area (Å²) in [7, 11) is 0. The van der Waals surface area contributed by atoms with Crippen LogP contribution in [-0.2, 0) is 16.1 Å². The second-order valence-electron chi connectivity index (χ2n) is 9.45. The molecular weight excluding hydrogens is 430 g/mol. The summed E-state index contributed by atoms with van der Waals surface area (Å²) >= 11 is 0. The Hall–Kier alpha value is -2.74. The fourth-order valence-corrected chi connectivity index (χ4v) is 5.97. The van der Waals surface area contributed by atoms with Gasteiger partial charge in [-0.05, 0) is 36.7 Å². The number of hydrogen-bond acceptors (Lipinski definition) is 5. The Morgan fingerprint density at radius 1 is 1.12 bits per heavy atom. The van der Waals surface area contributed by atoms with Crippen molar-refractivity contribution in [1.29, 1.82) is 0 Å². The normalized spacial score (nSPS) is 26.7. The molecule has 2 aromatic rings. The first-order valence-electron chi connectivity index (χ1n) is 12.3. The van der Waals surface area contributed by atoms with E-state index in [1.165, 1.54) is 0 Å². The van der Waals surface area contributed by atoms with Crippen molar-refractivity contribution in [3.8, 4) is 0 Å². The number of rotatable bonds is 6. The molecule has 2 fully saturated rings. The highest BCUT2D eigenvalue weighted by Gasteiger charge is 2.55. The largest absolute Gasteiger partial charge is 0.396 e. The van der Waals surface area contributed by atoms with E-state index in [4.69, 9.17) is 4.74 Å². The number of carbonyl (C=O) groups is 1. The molecule has 180 valence electrons. The van der Waals surface area contributed by atoms with E-state index in [-0.39, 0.29) is 42.0 Å². The number of aromatic nitrogens is 1. The van der Waals surface area contributed by atoms with E-state index in [1.54, 1.807) is 0 Å². The Morgan fingerprint density at radius 2 is 1.88 bits per heavy atom.